The third-order valence-corrected chi connectivity index (χ3v) is 3.41. The van der Waals surface area contributed by atoms with Gasteiger partial charge in [-0.05, 0) is 37.9 Å². The van der Waals surface area contributed by atoms with Crippen molar-refractivity contribution in [2.45, 2.75) is 12.8 Å². The predicted octanol–water partition coefficient (Wildman–Crippen LogP) is 1.51. The summed E-state index contributed by atoms with van der Waals surface area (Å²) in [5.74, 6) is 0.282. The minimum absolute atomic E-state index is 0. The summed E-state index contributed by atoms with van der Waals surface area (Å²) in [5.41, 5.74) is -0.137. The summed E-state index contributed by atoms with van der Waals surface area (Å²) in [4.78, 5) is 22.0. The van der Waals surface area contributed by atoms with Gasteiger partial charge in [-0.3, -0.25) is 14.9 Å². The molecule has 1 aliphatic rings. The van der Waals surface area contributed by atoms with Gasteiger partial charge >= 0.3 is 5.69 Å². The lowest BCUT2D eigenvalue weighted by Crippen LogP contribution is -2.39. The van der Waals surface area contributed by atoms with Crippen LogP contribution in [-0.2, 0) is 4.79 Å². The highest BCUT2D eigenvalue weighted by molar-refractivity contribution is 5.85. The molecule has 1 amide bonds. The molecule has 1 aromatic carbocycles. The average molecular weight is 330 g/mol. The van der Waals surface area contributed by atoms with Gasteiger partial charge in [0.15, 0.2) is 12.4 Å². The fourth-order valence-electron chi connectivity index (χ4n) is 2.28. The number of benzene rings is 1. The summed E-state index contributed by atoms with van der Waals surface area (Å²) in [7, 11) is 0. The number of ether oxygens (including phenoxy) is 1. The number of amides is 1. The van der Waals surface area contributed by atoms with Crippen LogP contribution in [0.25, 0.3) is 0 Å². The van der Waals surface area contributed by atoms with Crippen LogP contribution in [-0.4, -0.2) is 37.1 Å². The number of nitro groups is 1. The molecule has 7 nitrogen and oxygen atoms in total. The van der Waals surface area contributed by atoms with E-state index in [1.165, 1.54) is 12.1 Å². The van der Waals surface area contributed by atoms with Crippen LogP contribution in [0.4, 0.5) is 5.69 Å². The highest BCUT2D eigenvalue weighted by Crippen LogP contribution is 2.25. The van der Waals surface area contributed by atoms with Crippen LogP contribution in [0.1, 0.15) is 12.8 Å². The van der Waals surface area contributed by atoms with Gasteiger partial charge in [0.25, 0.3) is 5.91 Å². The van der Waals surface area contributed by atoms with Gasteiger partial charge in [0.1, 0.15) is 0 Å². The highest BCUT2D eigenvalue weighted by atomic mass is 35.5. The van der Waals surface area contributed by atoms with Crippen molar-refractivity contribution < 1.29 is 14.5 Å². The smallest absolute Gasteiger partial charge is 0.310 e. The quantitative estimate of drug-likeness (QED) is 0.609. The summed E-state index contributed by atoms with van der Waals surface area (Å²) >= 11 is 0. The van der Waals surface area contributed by atoms with E-state index in [0.717, 1.165) is 25.9 Å². The van der Waals surface area contributed by atoms with Crippen molar-refractivity contribution in [1.29, 1.82) is 0 Å². The van der Waals surface area contributed by atoms with Crippen molar-refractivity contribution in [3.05, 3.63) is 34.4 Å². The second kappa shape index (κ2) is 9.22. The Morgan fingerprint density at radius 1 is 1.45 bits per heavy atom. The molecule has 1 heterocycles. The first-order chi connectivity index (χ1) is 10.2. The van der Waals surface area contributed by atoms with Crippen LogP contribution in [0, 0.1) is 16.0 Å². The van der Waals surface area contributed by atoms with Crippen LogP contribution in [0.15, 0.2) is 24.3 Å². The normalized spacial score (nSPS) is 17.2. The summed E-state index contributed by atoms with van der Waals surface area (Å²) in [6.07, 6.45) is 2.21. The zero-order chi connectivity index (χ0) is 15.1. The van der Waals surface area contributed by atoms with Crippen LogP contribution < -0.4 is 15.4 Å². The summed E-state index contributed by atoms with van der Waals surface area (Å²) in [6, 6.07) is 6.02. The number of nitrogens with zero attached hydrogens (tertiary/aromatic N) is 1. The zero-order valence-corrected chi connectivity index (χ0v) is 12.9. The molecule has 1 aliphatic heterocycles. The molecule has 1 atom stereocenters. The molecule has 122 valence electrons. The van der Waals surface area contributed by atoms with E-state index in [-0.39, 0.29) is 36.4 Å². The van der Waals surface area contributed by atoms with Gasteiger partial charge in [0.05, 0.1) is 4.92 Å². The van der Waals surface area contributed by atoms with Crippen LogP contribution in [0.5, 0.6) is 5.75 Å². The Morgan fingerprint density at radius 3 is 2.91 bits per heavy atom. The first-order valence-electron chi connectivity index (χ1n) is 7.00. The number of nitrogens with one attached hydrogen (secondary N) is 2. The molecule has 0 radical (unpaired) electrons. The third kappa shape index (κ3) is 5.50. The minimum Gasteiger partial charge on any atom is -0.477 e. The van der Waals surface area contributed by atoms with Crippen molar-refractivity contribution in [1.82, 2.24) is 10.6 Å². The second-order valence-corrected chi connectivity index (χ2v) is 5.03. The molecule has 2 rings (SSSR count). The third-order valence-electron chi connectivity index (χ3n) is 3.41. The molecule has 1 unspecified atom stereocenters. The first kappa shape index (κ1) is 18.2. The fraction of sp³-hybridized carbons (Fsp3) is 0.500. The second-order valence-electron chi connectivity index (χ2n) is 5.03. The van der Waals surface area contributed by atoms with E-state index in [0.29, 0.717) is 12.5 Å². The lowest BCUT2D eigenvalue weighted by molar-refractivity contribution is -0.385. The van der Waals surface area contributed by atoms with Gasteiger partial charge in [0, 0.05) is 12.6 Å². The molecule has 0 saturated carbocycles. The molecular formula is C14H20ClN3O4. The maximum Gasteiger partial charge on any atom is 0.310 e. The van der Waals surface area contributed by atoms with E-state index in [1.807, 2.05) is 0 Å². The summed E-state index contributed by atoms with van der Waals surface area (Å²) in [5, 5.41) is 16.9. The Labute approximate surface area is 135 Å². The van der Waals surface area contributed by atoms with Crippen LogP contribution in [0.3, 0.4) is 0 Å². The average Bonchev–Trinajstić information content (AvgIpc) is 2.52. The van der Waals surface area contributed by atoms with Crippen molar-refractivity contribution in [2.24, 2.45) is 5.92 Å². The van der Waals surface area contributed by atoms with Gasteiger partial charge in [-0.2, -0.15) is 0 Å². The van der Waals surface area contributed by atoms with Crippen molar-refractivity contribution in [2.75, 3.05) is 26.2 Å². The molecule has 0 bridgehead atoms. The Hall–Kier alpha value is -1.86. The minimum atomic E-state index is -0.527. The van der Waals surface area contributed by atoms with Crippen LogP contribution in [0.2, 0.25) is 0 Å². The lowest BCUT2D eigenvalue weighted by atomic mass is 10.00. The maximum atomic E-state index is 11.7. The largest absolute Gasteiger partial charge is 0.477 e. The standard InChI is InChI=1S/C14H19N3O4.ClH/c18-14(16-9-11-4-3-7-15-8-11)10-21-13-6-2-1-5-12(13)17(19)20;/h1-2,5-6,11,15H,3-4,7-10H2,(H,16,18);1H. The summed E-state index contributed by atoms with van der Waals surface area (Å²) in [6.45, 7) is 2.33. The van der Waals surface area contributed by atoms with E-state index in [9.17, 15) is 14.9 Å². The molecule has 1 aromatic rings. The number of carbonyl (C=O) groups excluding carboxylic acids is 1. The van der Waals surface area contributed by atoms with Crippen LogP contribution >= 0.6 is 12.4 Å². The number of para-hydroxylation sites is 2. The van der Waals surface area contributed by atoms with E-state index in [1.54, 1.807) is 12.1 Å². The fourth-order valence-corrected chi connectivity index (χ4v) is 2.28. The molecule has 0 spiro atoms. The number of hydrogen-bond acceptors (Lipinski definition) is 5. The molecule has 22 heavy (non-hydrogen) atoms. The number of nitro benzene ring substituents is 1. The van der Waals surface area contributed by atoms with Crippen molar-refractivity contribution >= 4 is 24.0 Å². The molecule has 2 N–H and O–H groups in total. The molecular weight excluding hydrogens is 310 g/mol. The lowest BCUT2D eigenvalue weighted by Gasteiger charge is -2.22. The molecule has 1 fully saturated rings. The predicted molar refractivity (Wildman–Crippen MR) is 84.4 cm³/mol. The molecule has 1 saturated heterocycles. The maximum absolute atomic E-state index is 11.7. The van der Waals surface area contributed by atoms with Gasteiger partial charge in [-0.25, -0.2) is 0 Å². The Balaban J connectivity index is 0.00000242. The summed E-state index contributed by atoms with van der Waals surface area (Å²) < 4.78 is 5.23. The number of piperidine rings is 1. The van der Waals surface area contributed by atoms with Crippen molar-refractivity contribution in [3.63, 3.8) is 0 Å². The number of rotatable bonds is 6. The van der Waals surface area contributed by atoms with E-state index >= 15 is 0 Å². The van der Waals surface area contributed by atoms with E-state index in [4.69, 9.17) is 4.74 Å². The molecule has 0 aromatic heterocycles. The zero-order valence-electron chi connectivity index (χ0n) is 12.1. The SMILES string of the molecule is Cl.O=C(COc1ccccc1[N+](=O)[O-])NCC1CCCNC1. The first-order valence-corrected chi connectivity index (χ1v) is 7.00. The van der Waals surface area contributed by atoms with Gasteiger partial charge in [0.2, 0.25) is 0 Å². The number of halogens is 1. The topological polar surface area (TPSA) is 93.5 Å². The monoisotopic (exact) mass is 329 g/mol. The van der Waals surface area contributed by atoms with Gasteiger partial charge in [-0.1, -0.05) is 12.1 Å². The van der Waals surface area contributed by atoms with Gasteiger partial charge in [-0.15, -0.1) is 12.4 Å². The van der Waals surface area contributed by atoms with E-state index in [2.05, 4.69) is 10.6 Å². The van der Waals surface area contributed by atoms with Gasteiger partial charge < -0.3 is 15.4 Å². The number of hydrogen-bond donors (Lipinski definition) is 2. The molecule has 8 heteroatoms. The molecule has 0 aliphatic carbocycles. The number of carbonyl (C=O) groups is 1. The Morgan fingerprint density at radius 2 is 2.23 bits per heavy atom. The Kier molecular flexibility index (Phi) is 7.62. The van der Waals surface area contributed by atoms with E-state index < -0.39 is 4.92 Å². The Bertz CT molecular complexity index is 507. The van der Waals surface area contributed by atoms with Crippen molar-refractivity contribution in [3.8, 4) is 5.75 Å². The highest BCUT2D eigenvalue weighted by Gasteiger charge is 2.16.